The first-order chi connectivity index (χ1) is 17.2. The van der Waals surface area contributed by atoms with Gasteiger partial charge in [-0.1, -0.05) is 17.7 Å². The molecule has 0 spiro atoms. The number of aryl methyl sites for hydroxylation is 1. The fraction of sp³-hybridized carbons (Fsp3) is 0.115. The molecular weight excluding hydrogens is 484 g/mol. The molecule has 0 saturated heterocycles. The summed E-state index contributed by atoms with van der Waals surface area (Å²) in [5, 5.41) is 12.1. The van der Waals surface area contributed by atoms with Crippen LogP contribution in [0, 0.1) is 18.3 Å². The minimum atomic E-state index is -4.21. The van der Waals surface area contributed by atoms with Crippen LogP contribution >= 0.6 is 0 Å². The SMILES string of the molecule is COC(=O)c1ccc(NC(=O)/C(C#N)=C/c2ccc(OC)cc2OS(=O)(=O)c2ccc(C)cc2)cc1. The van der Waals surface area contributed by atoms with E-state index in [2.05, 4.69) is 10.1 Å². The van der Waals surface area contributed by atoms with Gasteiger partial charge in [0.1, 0.15) is 22.3 Å². The van der Waals surface area contributed by atoms with Crippen LogP contribution in [0.1, 0.15) is 21.5 Å². The van der Waals surface area contributed by atoms with Crippen molar-refractivity contribution >= 4 is 33.8 Å². The van der Waals surface area contributed by atoms with E-state index >= 15 is 0 Å². The first-order valence-electron chi connectivity index (χ1n) is 10.5. The summed E-state index contributed by atoms with van der Waals surface area (Å²) < 4.78 is 40.8. The largest absolute Gasteiger partial charge is 0.497 e. The Morgan fingerprint density at radius 1 is 0.972 bits per heavy atom. The third kappa shape index (κ3) is 6.28. The van der Waals surface area contributed by atoms with Gasteiger partial charge in [0.2, 0.25) is 0 Å². The Hall–Kier alpha value is -4.62. The predicted molar refractivity (Wildman–Crippen MR) is 132 cm³/mol. The second-order valence-electron chi connectivity index (χ2n) is 7.45. The number of carbonyl (C=O) groups is 2. The topological polar surface area (TPSA) is 132 Å². The van der Waals surface area contributed by atoms with Crippen molar-refractivity contribution in [1.29, 1.82) is 5.26 Å². The van der Waals surface area contributed by atoms with E-state index in [0.717, 1.165) is 5.56 Å². The number of nitrogens with one attached hydrogen (secondary N) is 1. The van der Waals surface area contributed by atoms with Crippen molar-refractivity contribution in [2.24, 2.45) is 0 Å². The number of nitriles is 1. The zero-order chi connectivity index (χ0) is 26.3. The molecule has 0 aliphatic heterocycles. The summed E-state index contributed by atoms with van der Waals surface area (Å²) in [6.07, 6.45) is 1.21. The molecule has 0 aromatic heterocycles. The Bertz CT molecular complexity index is 1450. The van der Waals surface area contributed by atoms with Crippen LogP contribution in [0.5, 0.6) is 11.5 Å². The van der Waals surface area contributed by atoms with E-state index in [-0.39, 0.29) is 21.8 Å². The molecule has 10 heteroatoms. The molecular formula is C26H22N2O7S. The van der Waals surface area contributed by atoms with Crippen molar-refractivity contribution in [2.45, 2.75) is 11.8 Å². The Balaban J connectivity index is 1.91. The van der Waals surface area contributed by atoms with Gasteiger partial charge in [-0.3, -0.25) is 4.79 Å². The van der Waals surface area contributed by atoms with E-state index in [1.165, 1.54) is 74.9 Å². The summed E-state index contributed by atoms with van der Waals surface area (Å²) in [5.74, 6) is -1.09. The maximum Gasteiger partial charge on any atom is 0.339 e. The van der Waals surface area contributed by atoms with Gasteiger partial charge in [0.25, 0.3) is 5.91 Å². The highest BCUT2D eigenvalue weighted by molar-refractivity contribution is 7.87. The van der Waals surface area contributed by atoms with Gasteiger partial charge in [0.05, 0.1) is 19.8 Å². The molecule has 184 valence electrons. The van der Waals surface area contributed by atoms with E-state index in [9.17, 15) is 23.3 Å². The summed E-state index contributed by atoms with van der Waals surface area (Å²) in [6.45, 7) is 1.82. The smallest absolute Gasteiger partial charge is 0.339 e. The number of esters is 1. The number of hydrogen-bond donors (Lipinski definition) is 1. The molecule has 36 heavy (non-hydrogen) atoms. The van der Waals surface area contributed by atoms with Crippen molar-refractivity contribution in [2.75, 3.05) is 19.5 Å². The van der Waals surface area contributed by atoms with Crippen LogP contribution in [0.4, 0.5) is 5.69 Å². The molecule has 0 atom stereocenters. The lowest BCUT2D eigenvalue weighted by atomic mass is 10.1. The number of amides is 1. The number of hydrogen-bond acceptors (Lipinski definition) is 8. The molecule has 1 N–H and O–H groups in total. The molecule has 0 aliphatic carbocycles. The Morgan fingerprint density at radius 2 is 1.64 bits per heavy atom. The number of methoxy groups -OCH3 is 2. The average molecular weight is 507 g/mol. The summed E-state index contributed by atoms with van der Waals surface area (Å²) in [5.41, 5.74) is 1.36. The minimum Gasteiger partial charge on any atom is -0.497 e. The Morgan fingerprint density at radius 3 is 2.22 bits per heavy atom. The summed E-state index contributed by atoms with van der Waals surface area (Å²) in [4.78, 5) is 24.2. The van der Waals surface area contributed by atoms with Crippen molar-refractivity contribution in [3.8, 4) is 17.6 Å². The fourth-order valence-electron chi connectivity index (χ4n) is 3.01. The lowest BCUT2D eigenvalue weighted by Crippen LogP contribution is -2.14. The molecule has 9 nitrogen and oxygen atoms in total. The molecule has 0 bridgehead atoms. The summed E-state index contributed by atoms with van der Waals surface area (Å²) in [6, 6.07) is 18.1. The first-order valence-corrected chi connectivity index (χ1v) is 11.9. The molecule has 0 saturated carbocycles. The van der Waals surface area contributed by atoms with E-state index in [0.29, 0.717) is 17.0 Å². The number of anilines is 1. The molecule has 3 aromatic carbocycles. The van der Waals surface area contributed by atoms with Gasteiger partial charge >= 0.3 is 16.1 Å². The molecule has 0 heterocycles. The normalized spacial score (nSPS) is 11.2. The highest BCUT2D eigenvalue weighted by Crippen LogP contribution is 2.30. The quantitative estimate of drug-likeness (QED) is 0.209. The van der Waals surface area contributed by atoms with Gasteiger partial charge in [-0.05, 0) is 61.5 Å². The van der Waals surface area contributed by atoms with E-state index in [4.69, 9.17) is 8.92 Å². The van der Waals surface area contributed by atoms with Crippen LogP contribution in [-0.2, 0) is 19.6 Å². The molecule has 1 amide bonds. The zero-order valence-electron chi connectivity index (χ0n) is 19.6. The standard InChI is InChI=1S/C26H22N2O7S/c1-17-4-12-23(13-5-17)36(31,32)35-24-15-22(33-2)11-8-19(24)14-20(16-27)25(29)28-21-9-6-18(7-10-21)26(30)34-3/h4-15H,1-3H3,(H,28,29)/b20-14+. The lowest BCUT2D eigenvalue weighted by Gasteiger charge is -2.12. The number of carbonyl (C=O) groups excluding carboxylic acids is 2. The maximum absolute atomic E-state index is 12.8. The monoisotopic (exact) mass is 506 g/mol. The number of nitrogens with zero attached hydrogens (tertiary/aromatic N) is 1. The molecule has 3 aromatic rings. The summed E-state index contributed by atoms with van der Waals surface area (Å²) >= 11 is 0. The Labute approximate surface area is 208 Å². The van der Waals surface area contributed by atoms with Crippen LogP contribution in [0.3, 0.4) is 0 Å². The van der Waals surface area contributed by atoms with Crippen LogP contribution in [-0.4, -0.2) is 34.5 Å². The lowest BCUT2D eigenvalue weighted by molar-refractivity contribution is -0.112. The highest BCUT2D eigenvalue weighted by Gasteiger charge is 2.20. The average Bonchev–Trinajstić information content (AvgIpc) is 2.87. The summed E-state index contributed by atoms with van der Waals surface area (Å²) in [7, 11) is -1.55. The van der Waals surface area contributed by atoms with Gasteiger partial charge < -0.3 is 19.0 Å². The molecule has 0 radical (unpaired) electrons. The van der Waals surface area contributed by atoms with Crippen molar-refractivity contribution in [3.05, 3.63) is 89.0 Å². The van der Waals surface area contributed by atoms with Gasteiger partial charge in [-0.2, -0.15) is 13.7 Å². The van der Waals surface area contributed by atoms with Crippen molar-refractivity contribution in [3.63, 3.8) is 0 Å². The van der Waals surface area contributed by atoms with Crippen molar-refractivity contribution < 1.29 is 31.7 Å². The second-order valence-corrected chi connectivity index (χ2v) is 8.99. The number of ether oxygens (including phenoxy) is 2. The highest BCUT2D eigenvalue weighted by atomic mass is 32.2. The van der Waals surface area contributed by atoms with Gasteiger partial charge in [0, 0.05) is 17.3 Å². The third-order valence-corrected chi connectivity index (χ3v) is 6.21. The molecule has 0 aliphatic rings. The van der Waals surface area contributed by atoms with Crippen LogP contribution in [0.25, 0.3) is 6.08 Å². The molecule has 3 rings (SSSR count). The third-order valence-electron chi connectivity index (χ3n) is 4.96. The number of benzene rings is 3. The zero-order valence-corrected chi connectivity index (χ0v) is 20.5. The molecule has 0 fully saturated rings. The molecule has 0 unspecified atom stereocenters. The van der Waals surface area contributed by atoms with Crippen LogP contribution in [0.2, 0.25) is 0 Å². The van der Waals surface area contributed by atoms with Gasteiger partial charge in [-0.15, -0.1) is 0 Å². The second kappa shape index (κ2) is 11.2. The maximum atomic E-state index is 12.8. The van der Waals surface area contributed by atoms with Gasteiger partial charge in [0.15, 0.2) is 5.75 Å². The van der Waals surface area contributed by atoms with Gasteiger partial charge in [-0.25, -0.2) is 4.79 Å². The van der Waals surface area contributed by atoms with E-state index in [1.807, 2.05) is 6.92 Å². The van der Waals surface area contributed by atoms with Crippen LogP contribution < -0.4 is 14.2 Å². The van der Waals surface area contributed by atoms with E-state index < -0.39 is 22.0 Å². The predicted octanol–water partition coefficient (Wildman–Crippen LogP) is 4.10. The Kier molecular flexibility index (Phi) is 8.09. The van der Waals surface area contributed by atoms with Crippen LogP contribution in [0.15, 0.2) is 77.2 Å². The number of rotatable bonds is 8. The minimum absolute atomic E-state index is 0.0560. The van der Waals surface area contributed by atoms with E-state index in [1.54, 1.807) is 18.2 Å². The fourth-order valence-corrected chi connectivity index (χ4v) is 3.96. The first kappa shape index (κ1) is 26.0. The van der Waals surface area contributed by atoms with Crippen molar-refractivity contribution in [1.82, 2.24) is 0 Å².